The van der Waals surface area contributed by atoms with E-state index in [2.05, 4.69) is 5.32 Å². The minimum Gasteiger partial charge on any atom is -0.382 e. The summed E-state index contributed by atoms with van der Waals surface area (Å²) in [5, 5.41) is 3.00. The van der Waals surface area contributed by atoms with Crippen molar-refractivity contribution in [1.82, 2.24) is 5.32 Å². The lowest BCUT2D eigenvalue weighted by Gasteiger charge is -2.16. The van der Waals surface area contributed by atoms with Gasteiger partial charge in [-0.05, 0) is 19.9 Å². The van der Waals surface area contributed by atoms with Crippen LogP contribution in [0.5, 0.6) is 0 Å². The molecular weight excluding hydrogens is 196 g/mol. The summed E-state index contributed by atoms with van der Waals surface area (Å²) in [6, 6.07) is -0.301. The van der Waals surface area contributed by atoms with Gasteiger partial charge in [0.25, 0.3) is 0 Å². The molecule has 15 heavy (non-hydrogen) atoms. The quantitative estimate of drug-likeness (QED) is 0.566. The van der Waals surface area contributed by atoms with Crippen LogP contribution in [0.3, 0.4) is 0 Å². The van der Waals surface area contributed by atoms with Gasteiger partial charge >= 0.3 is 0 Å². The number of rotatable bonds is 9. The Morgan fingerprint density at radius 1 is 1.53 bits per heavy atom. The van der Waals surface area contributed by atoms with E-state index in [0.717, 1.165) is 6.54 Å². The Bertz CT molecular complexity index is 176. The van der Waals surface area contributed by atoms with Crippen LogP contribution in [0, 0.1) is 0 Å². The summed E-state index contributed by atoms with van der Waals surface area (Å²) in [5.74, 6) is -0.333. The zero-order valence-electron chi connectivity index (χ0n) is 9.79. The molecule has 0 aliphatic rings. The fourth-order valence-corrected chi connectivity index (χ4v) is 1.26. The molecule has 0 bridgehead atoms. The van der Waals surface area contributed by atoms with Gasteiger partial charge in [0.15, 0.2) is 0 Å². The Hall–Kier alpha value is -0.650. The third kappa shape index (κ3) is 7.30. The highest BCUT2D eigenvalue weighted by molar-refractivity contribution is 5.79. The van der Waals surface area contributed by atoms with Crippen molar-refractivity contribution in [3.63, 3.8) is 0 Å². The molecule has 5 nitrogen and oxygen atoms in total. The molecule has 0 aromatic carbocycles. The third-order valence-electron chi connectivity index (χ3n) is 2.00. The van der Waals surface area contributed by atoms with Crippen molar-refractivity contribution in [3.8, 4) is 0 Å². The van der Waals surface area contributed by atoms with Gasteiger partial charge in [0.05, 0.1) is 18.8 Å². The van der Waals surface area contributed by atoms with Crippen molar-refractivity contribution in [2.75, 3.05) is 26.9 Å². The molecular formula is C10H22N2O3. The fraction of sp³-hybridized carbons (Fsp3) is 0.900. The van der Waals surface area contributed by atoms with Crippen LogP contribution in [0.4, 0.5) is 0 Å². The van der Waals surface area contributed by atoms with Crippen LogP contribution in [0.1, 0.15) is 20.3 Å². The van der Waals surface area contributed by atoms with E-state index in [1.54, 1.807) is 7.11 Å². The van der Waals surface area contributed by atoms with Gasteiger partial charge in [-0.1, -0.05) is 6.92 Å². The molecule has 0 rings (SSSR count). The predicted octanol–water partition coefficient (Wildman–Crippen LogP) is -0.109. The van der Waals surface area contributed by atoms with Gasteiger partial charge in [0, 0.05) is 13.7 Å². The number of methoxy groups -OCH3 is 1. The fourth-order valence-electron chi connectivity index (χ4n) is 1.26. The van der Waals surface area contributed by atoms with Gasteiger partial charge in [-0.15, -0.1) is 0 Å². The van der Waals surface area contributed by atoms with Gasteiger partial charge in [-0.3, -0.25) is 4.79 Å². The second-order valence-corrected chi connectivity index (χ2v) is 3.44. The number of carbonyl (C=O) groups excluding carboxylic acids is 1. The summed E-state index contributed by atoms with van der Waals surface area (Å²) in [6.07, 6.45) is 0.641. The standard InChI is InChI=1S/C10H22N2O3/c1-4-12-9(10(11)13)5-6-15-8(2)7-14-3/h8-9,12H,4-7H2,1-3H3,(H2,11,13). The summed E-state index contributed by atoms with van der Waals surface area (Å²) < 4.78 is 10.4. The predicted molar refractivity (Wildman–Crippen MR) is 58.6 cm³/mol. The summed E-state index contributed by atoms with van der Waals surface area (Å²) in [5.41, 5.74) is 5.22. The highest BCUT2D eigenvalue weighted by Gasteiger charge is 2.13. The van der Waals surface area contributed by atoms with E-state index in [1.807, 2.05) is 13.8 Å². The van der Waals surface area contributed by atoms with Gasteiger partial charge in [0.2, 0.25) is 5.91 Å². The summed E-state index contributed by atoms with van der Waals surface area (Å²) in [7, 11) is 1.63. The van der Waals surface area contributed by atoms with Crippen molar-refractivity contribution < 1.29 is 14.3 Å². The lowest BCUT2D eigenvalue weighted by Crippen LogP contribution is -2.42. The second-order valence-electron chi connectivity index (χ2n) is 3.44. The van der Waals surface area contributed by atoms with Gasteiger partial charge in [-0.2, -0.15) is 0 Å². The van der Waals surface area contributed by atoms with E-state index in [-0.39, 0.29) is 18.1 Å². The Morgan fingerprint density at radius 3 is 2.67 bits per heavy atom. The first-order chi connectivity index (χ1) is 7.11. The molecule has 0 aliphatic carbocycles. The summed E-state index contributed by atoms with van der Waals surface area (Å²) in [4.78, 5) is 11.0. The molecule has 0 saturated carbocycles. The third-order valence-corrected chi connectivity index (χ3v) is 2.00. The number of hydrogen-bond donors (Lipinski definition) is 2. The van der Waals surface area contributed by atoms with Crippen LogP contribution in [0.2, 0.25) is 0 Å². The SMILES string of the molecule is CCNC(CCOC(C)COC)C(N)=O. The average Bonchev–Trinajstić information content (AvgIpc) is 2.16. The van der Waals surface area contributed by atoms with Crippen molar-refractivity contribution >= 4 is 5.91 Å². The average molecular weight is 218 g/mol. The molecule has 2 unspecified atom stereocenters. The van der Waals surface area contributed by atoms with Crippen LogP contribution in [-0.2, 0) is 14.3 Å². The highest BCUT2D eigenvalue weighted by atomic mass is 16.5. The topological polar surface area (TPSA) is 73.6 Å². The largest absolute Gasteiger partial charge is 0.382 e. The van der Waals surface area contributed by atoms with E-state index < -0.39 is 0 Å². The molecule has 0 radical (unpaired) electrons. The first kappa shape index (κ1) is 14.3. The first-order valence-electron chi connectivity index (χ1n) is 5.25. The van der Waals surface area contributed by atoms with Crippen LogP contribution in [-0.4, -0.2) is 44.9 Å². The van der Waals surface area contributed by atoms with Crippen molar-refractivity contribution in [2.24, 2.45) is 5.73 Å². The van der Waals surface area contributed by atoms with Crippen molar-refractivity contribution in [3.05, 3.63) is 0 Å². The first-order valence-corrected chi connectivity index (χ1v) is 5.25. The number of carbonyl (C=O) groups is 1. The Kier molecular flexibility index (Phi) is 8.27. The molecule has 0 spiro atoms. The molecule has 90 valence electrons. The van der Waals surface area contributed by atoms with E-state index >= 15 is 0 Å². The summed E-state index contributed by atoms with van der Waals surface area (Å²) >= 11 is 0. The van der Waals surface area contributed by atoms with E-state index in [1.165, 1.54) is 0 Å². The Morgan fingerprint density at radius 2 is 2.20 bits per heavy atom. The minimum atomic E-state index is -0.333. The van der Waals surface area contributed by atoms with Gasteiger partial charge in [-0.25, -0.2) is 0 Å². The zero-order valence-corrected chi connectivity index (χ0v) is 9.79. The molecule has 0 fully saturated rings. The molecule has 3 N–H and O–H groups in total. The normalized spacial score (nSPS) is 14.9. The van der Waals surface area contributed by atoms with Crippen molar-refractivity contribution in [2.45, 2.75) is 32.4 Å². The second kappa shape index (κ2) is 8.64. The molecule has 5 heteroatoms. The monoisotopic (exact) mass is 218 g/mol. The zero-order chi connectivity index (χ0) is 11.7. The van der Waals surface area contributed by atoms with Crippen LogP contribution in [0.25, 0.3) is 0 Å². The smallest absolute Gasteiger partial charge is 0.234 e. The number of amides is 1. The minimum absolute atomic E-state index is 0.0464. The Balaban J connectivity index is 3.65. The lowest BCUT2D eigenvalue weighted by atomic mass is 10.2. The molecule has 0 aliphatic heterocycles. The molecule has 0 aromatic heterocycles. The summed E-state index contributed by atoms with van der Waals surface area (Å²) in [6.45, 7) is 5.65. The number of nitrogens with two attached hydrogens (primary N) is 1. The van der Waals surface area contributed by atoms with Crippen LogP contribution >= 0.6 is 0 Å². The number of likely N-dealkylation sites (N-methyl/N-ethyl adjacent to an activating group) is 1. The number of nitrogens with one attached hydrogen (secondary N) is 1. The van der Waals surface area contributed by atoms with E-state index in [4.69, 9.17) is 15.2 Å². The number of ether oxygens (including phenoxy) is 2. The molecule has 0 aromatic rings. The van der Waals surface area contributed by atoms with Crippen LogP contribution in [0.15, 0.2) is 0 Å². The van der Waals surface area contributed by atoms with Gasteiger partial charge < -0.3 is 20.5 Å². The maximum atomic E-state index is 11.0. The van der Waals surface area contributed by atoms with Crippen molar-refractivity contribution in [1.29, 1.82) is 0 Å². The maximum absolute atomic E-state index is 11.0. The number of hydrogen-bond acceptors (Lipinski definition) is 4. The Labute approximate surface area is 91.3 Å². The van der Waals surface area contributed by atoms with E-state index in [0.29, 0.717) is 19.6 Å². The lowest BCUT2D eigenvalue weighted by molar-refractivity contribution is -0.120. The number of primary amides is 1. The maximum Gasteiger partial charge on any atom is 0.234 e. The van der Waals surface area contributed by atoms with Crippen LogP contribution < -0.4 is 11.1 Å². The van der Waals surface area contributed by atoms with Gasteiger partial charge in [0.1, 0.15) is 0 Å². The molecule has 1 amide bonds. The van der Waals surface area contributed by atoms with E-state index in [9.17, 15) is 4.79 Å². The molecule has 0 heterocycles. The highest BCUT2D eigenvalue weighted by Crippen LogP contribution is 1.97. The molecule has 2 atom stereocenters. The molecule has 0 saturated heterocycles.